The lowest BCUT2D eigenvalue weighted by Crippen LogP contribution is -2.32. The number of ether oxygens (including phenoxy) is 1. The van der Waals surface area contributed by atoms with Gasteiger partial charge < -0.3 is 9.30 Å². The summed E-state index contributed by atoms with van der Waals surface area (Å²) in [5.41, 5.74) is -0.642. The lowest BCUT2D eigenvalue weighted by molar-refractivity contribution is 0.0890. The van der Waals surface area contributed by atoms with Crippen LogP contribution < -0.4 is 11.2 Å². The van der Waals surface area contributed by atoms with E-state index >= 15 is 0 Å². The molecule has 2 aromatic rings. The van der Waals surface area contributed by atoms with Gasteiger partial charge in [0.2, 0.25) is 5.28 Å². The van der Waals surface area contributed by atoms with Crippen LogP contribution in [0.25, 0.3) is 11.2 Å². The highest BCUT2D eigenvalue weighted by Gasteiger charge is 2.17. The fraction of sp³-hybridized carbons (Fsp3) is 0.462. The van der Waals surface area contributed by atoms with E-state index in [0.717, 1.165) is 5.75 Å². The second-order valence-corrected chi connectivity index (χ2v) is 7.58. The second kappa shape index (κ2) is 7.17. The maximum atomic E-state index is 12.0. The number of nitrogens with zero attached hydrogens (tertiary/aromatic N) is 3. The molecule has 9 heteroatoms. The van der Waals surface area contributed by atoms with Crippen molar-refractivity contribution in [2.75, 3.05) is 24.9 Å². The molecular weight excluding hydrogens is 328 g/mol. The van der Waals surface area contributed by atoms with Crippen LogP contribution in [0.1, 0.15) is 0 Å². The Hall–Kier alpha value is -1.51. The largest absolute Gasteiger partial charge is 0.356 e. The molecule has 2 heterocycles. The highest BCUT2D eigenvalue weighted by atomic mass is 35.5. The van der Waals surface area contributed by atoms with E-state index in [0.29, 0.717) is 13.2 Å². The first-order chi connectivity index (χ1) is 10.5. The molecule has 0 aliphatic carbocycles. The SMILES string of the molecule is C=CCn1c(Cl)nc2c1c(=O)[nH]c(=O)n2COCC[S+](C)C. The van der Waals surface area contributed by atoms with Crippen molar-refractivity contribution in [2.45, 2.75) is 13.3 Å². The number of rotatable bonds is 7. The Morgan fingerprint density at radius 2 is 2.14 bits per heavy atom. The van der Waals surface area contributed by atoms with Gasteiger partial charge in [0.15, 0.2) is 11.2 Å². The lowest BCUT2D eigenvalue weighted by atomic mass is 10.5. The maximum absolute atomic E-state index is 12.0. The topological polar surface area (TPSA) is 81.9 Å². The van der Waals surface area contributed by atoms with E-state index in [1.807, 2.05) is 0 Å². The van der Waals surface area contributed by atoms with Crippen LogP contribution in [-0.2, 0) is 28.9 Å². The fourth-order valence-corrected chi connectivity index (χ4v) is 2.63. The molecule has 0 aliphatic heterocycles. The zero-order valence-corrected chi connectivity index (χ0v) is 14.0. The van der Waals surface area contributed by atoms with Crippen molar-refractivity contribution in [3.8, 4) is 0 Å². The molecule has 0 fully saturated rings. The summed E-state index contributed by atoms with van der Waals surface area (Å²) >= 11 is 6.04. The fourth-order valence-electron chi connectivity index (χ4n) is 1.94. The third kappa shape index (κ3) is 3.45. The summed E-state index contributed by atoms with van der Waals surface area (Å²) in [5, 5.41) is 0.128. The molecule has 0 aliphatic rings. The standard InChI is InChI=1S/C13H17ClN4O3S/c1-4-5-17-9-10(15-12(17)14)18(13(20)16-11(9)19)8-21-6-7-22(2)3/h4H,1,5-8H2,2-3H3/p+1. The Morgan fingerprint density at radius 3 is 2.77 bits per heavy atom. The summed E-state index contributed by atoms with van der Waals surface area (Å²) in [5.74, 6) is 0.910. The first kappa shape index (κ1) is 16.9. The van der Waals surface area contributed by atoms with Crippen LogP contribution >= 0.6 is 11.6 Å². The van der Waals surface area contributed by atoms with Gasteiger partial charge in [-0.15, -0.1) is 6.58 Å². The number of hydrogen-bond donors (Lipinski definition) is 1. The van der Waals surface area contributed by atoms with E-state index < -0.39 is 11.2 Å². The van der Waals surface area contributed by atoms with Crippen LogP contribution in [0.5, 0.6) is 0 Å². The second-order valence-electron chi connectivity index (χ2n) is 4.87. The van der Waals surface area contributed by atoms with Crippen molar-refractivity contribution in [1.82, 2.24) is 19.1 Å². The lowest BCUT2D eigenvalue weighted by Gasteiger charge is -2.07. The van der Waals surface area contributed by atoms with Gasteiger partial charge in [-0.2, -0.15) is 4.98 Å². The Labute approximate surface area is 134 Å². The average Bonchev–Trinajstić information content (AvgIpc) is 2.75. The molecule has 0 radical (unpaired) electrons. The van der Waals surface area contributed by atoms with Crippen molar-refractivity contribution in [3.63, 3.8) is 0 Å². The normalized spacial score (nSPS) is 11.5. The molecule has 0 spiro atoms. The van der Waals surface area contributed by atoms with Crippen LogP contribution in [-0.4, -0.2) is 44.0 Å². The highest BCUT2D eigenvalue weighted by Crippen LogP contribution is 2.15. The molecule has 0 aromatic carbocycles. The minimum atomic E-state index is -0.565. The number of H-pyrrole nitrogens is 1. The summed E-state index contributed by atoms with van der Waals surface area (Å²) in [4.78, 5) is 30.4. The minimum Gasteiger partial charge on any atom is -0.356 e. The van der Waals surface area contributed by atoms with Gasteiger partial charge in [0.25, 0.3) is 5.56 Å². The summed E-state index contributed by atoms with van der Waals surface area (Å²) in [6.07, 6.45) is 5.83. The monoisotopic (exact) mass is 345 g/mol. The number of halogens is 1. The van der Waals surface area contributed by atoms with Crippen molar-refractivity contribution < 1.29 is 4.74 Å². The minimum absolute atomic E-state index is 0.0186. The quantitative estimate of drug-likeness (QED) is 0.344. The Balaban J connectivity index is 2.42. The van der Waals surface area contributed by atoms with Crippen LogP contribution in [0.15, 0.2) is 22.2 Å². The molecule has 0 saturated heterocycles. The Bertz CT molecular complexity index is 793. The van der Waals surface area contributed by atoms with E-state index in [1.165, 1.54) is 9.13 Å². The maximum Gasteiger partial charge on any atom is 0.332 e. The molecule has 0 amide bonds. The van der Waals surface area contributed by atoms with E-state index in [2.05, 4.69) is 29.1 Å². The molecular formula is C13H18ClN4O3S+. The number of fused-ring (bicyclic) bond motifs is 1. The number of aromatic amines is 1. The number of nitrogens with one attached hydrogen (secondary N) is 1. The average molecular weight is 346 g/mol. The number of imidazole rings is 1. The molecule has 0 atom stereocenters. The summed E-state index contributed by atoms with van der Waals surface area (Å²) in [7, 11) is 0.266. The molecule has 22 heavy (non-hydrogen) atoms. The van der Waals surface area contributed by atoms with Crippen LogP contribution in [0.3, 0.4) is 0 Å². The van der Waals surface area contributed by atoms with Gasteiger partial charge in [-0.1, -0.05) is 6.08 Å². The predicted octanol–water partition coefficient (Wildman–Crippen LogP) is 0.578. The Morgan fingerprint density at radius 1 is 1.41 bits per heavy atom. The van der Waals surface area contributed by atoms with Crippen molar-refractivity contribution in [1.29, 1.82) is 0 Å². The van der Waals surface area contributed by atoms with Crippen molar-refractivity contribution >= 4 is 33.7 Å². The molecule has 1 N–H and O–H groups in total. The molecule has 2 rings (SSSR count). The van der Waals surface area contributed by atoms with Crippen LogP contribution in [0.4, 0.5) is 0 Å². The van der Waals surface area contributed by atoms with Gasteiger partial charge in [0, 0.05) is 6.54 Å². The van der Waals surface area contributed by atoms with Gasteiger partial charge >= 0.3 is 5.69 Å². The first-order valence-corrected chi connectivity index (χ1v) is 9.16. The van der Waals surface area contributed by atoms with Crippen molar-refractivity contribution in [3.05, 3.63) is 38.8 Å². The van der Waals surface area contributed by atoms with Gasteiger partial charge in [-0.05, 0) is 22.5 Å². The van der Waals surface area contributed by atoms with E-state index in [9.17, 15) is 9.59 Å². The van der Waals surface area contributed by atoms with Crippen LogP contribution in [0, 0.1) is 0 Å². The third-order valence-electron chi connectivity index (χ3n) is 3.01. The van der Waals surface area contributed by atoms with Crippen LogP contribution in [0.2, 0.25) is 5.28 Å². The van der Waals surface area contributed by atoms with E-state index in [-0.39, 0.29) is 34.1 Å². The highest BCUT2D eigenvalue weighted by molar-refractivity contribution is 7.95. The summed E-state index contributed by atoms with van der Waals surface area (Å²) < 4.78 is 8.27. The molecule has 0 saturated carbocycles. The first-order valence-electron chi connectivity index (χ1n) is 6.57. The van der Waals surface area contributed by atoms with Gasteiger partial charge in [-0.25, -0.2) is 4.79 Å². The van der Waals surface area contributed by atoms with Gasteiger partial charge in [0.05, 0.1) is 19.1 Å². The van der Waals surface area contributed by atoms with Crippen molar-refractivity contribution in [2.24, 2.45) is 0 Å². The predicted molar refractivity (Wildman–Crippen MR) is 89.9 cm³/mol. The molecule has 7 nitrogen and oxygen atoms in total. The molecule has 120 valence electrons. The zero-order chi connectivity index (χ0) is 16.3. The summed E-state index contributed by atoms with van der Waals surface area (Å²) in [6, 6.07) is 0. The van der Waals surface area contributed by atoms with Gasteiger partial charge in [0.1, 0.15) is 12.5 Å². The third-order valence-corrected chi connectivity index (χ3v) is 4.28. The molecule has 2 aromatic heterocycles. The summed E-state index contributed by atoms with van der Waals surface area (Å²) in [6.45, 7) is 4.49. The van der Waals surface area contributed by atoms with E-state index in [4.69, 9.17) is 16.3 Å². The van der Waals surface area contributed by atoms with Gasteiger partial charge in [-0.3, -0.25) is 14.3 Å². The van der Waals surface area contributed by atoms with E-state index in [1.54, 1.807) is 6.08 Å². The number of aromatic nitrogens is 4. The molecule has 0 unspecified atom stereocenters. The Kier molecular flexibility index (Phi) is 5.49. The smallest absolute Gasteiger partial charge is 0.332 e. The number of hydrogen-bond acceptors (Lipinski definition) is 4. The number of allylic oxidation sites excluding steroid dienone is 1. The molecule has 0 bridgehead atoms. The zero-order valence-electron chi connectivity index (χ0n) is 12.5.